The Balaban J connectivity index is 1.90. The number of carbonyl (C=O) groups excluding carboxylic acids is 2. The quantitative estimate of drug-likeness (QED) is 0.721. The van der Waals surface area contributed by atoms with Crippen LogP contribution in [0.1, 0.15) is 25.3 Å². The first-order chi connectivity index (χ1) is 10.1. The van der Waals surface area contributed by atoms with E-state index >= 15 is 0 Å². The molecule has 0 spiro atoms. The molecule has 0 aliphatic heterocycles. The summed E-state index contributed by atoms with van der Waals surface area (Å²) in [4.78, 5) is 26.3. The molecule has 0 aliphatic carbocycles. The van der Waals surface area contributed by atoms with Crippen molar-refractivity contribution in [1.82, 2.24) is 10.3 Å². The number of benzene rings is 1. The molecule has 0 unspecified atom stereocenters. The number of H-pyrrole nitrogens is 1. The van der Waals surface area contributed by atoms with E-state index in [2.05, 4.69) is 10.3 Å². The van der Waals surface area contributed by atoms with Gasteiger partial charge in [0.1, 0.15) is 5.78 Å². The lowest BCUT2D eigenvalue weighted by atomic mass is 10.1. The molecule has 2 rings (SSSR count). The number of Topliss-reactive ketones (excluding diaryl/α,β-unsaturated/α-hetero) is 1. The third-order valence-electron chi connectivity index (χ3n) is 3.55. The summed E-state index contributed by atoms with van der Waals surface area (Å²) >= 11 is 0. The van der Waals surface area contributed by atoms with Crippen LogP contribution in [-0.2, 0) is 16.0 Å². The van der Waals surface area contributed by atoms with Gasteiger partial charge in [-0.3, -0.25) is 9.59 Å². The van der Waals surface area contributed by atoms with Crippen molar-refractivity contribution in [2.75, 3.05) is 6.54 Å². The molecule has 5 nitrogen and oxygen atoms in total. The molecule has 0 saturated heterocycles. The fourth-order valence-corrected chi connectivity index (χ4v) is 2.26. The van der Waals surface area contributed by atoms with Crippen LogP contribution in [0.4, 0.5) is 0 Å². The summed E-state index contributed by atoms with van der Waals surface area (Å²) in [6.07, 6.45) is 3.22. The summed E-state index contributed by atoms with van der Waals surface area (Å²) in [6.45, 7) is 2.17. The normalized spacial score (nSPS) is 12.3. The van der Waals surface area contributed by atoms with Crippen molar-refractivity contribution in [1.29, 1.82) is 0 Å². The molecule has 0 fully saturated rings. The van der Waals surface area contributed by atoms with E-state index in [1.165, 1.54) is 0 Å². The average Bonchev–Trinajstić information content (AvgIpc) is 2.90. The van der Waals surface area contributed by atoms with Crippen molar-refractivity contribution in [3.8, 4) is 0 Å². The fourth-order valence-electron chi connectivity index (χ4n) is 2.26. The van der Waals surface area contributed by atoms with Gasteiger partial charge >= 0.3 is 0 Å². The van der Waals surface area contributed by atoms with Crippen molar-refractivity contribution in [3.05, 3.63) is 36.0 Å². The molecule has 1 aromatic heterocycles. The van der Waals surface area contributed by atoms with Crippen LogP contribution in [0.15, 0.2) is 30.5 Å². The van der Waals surface area contributed by atoms with Crippen molar-refractivity contribution < 1.29 is 9.59 Å². The number of para-hydroxylation sites is 1. The summed E-state index contributed by atoms with van der Waals surface area (Å²) in [5.41, 5.74) is 8.00. The van der Waals surface area contributed by atoms with Gasteiger partial charge in [-0.15, -0.1) is 0 Å². The molecular formula is C16H21N3O2. The van der Waals surface area contributed by atoms with Gasteiger partial charge in [0.2, 0.25) is 5.91 Å². The number of rotatable bonds is 7. The fraction of sp³-hybridized carbons (Fsp3) is 0.375. The van der Waals surface area contributed by atoms with Crippen LogP contribution in [0.5, 0.6) is 0 Å². The summed E-state index contributed by atoms with van der Waals surface area (Å²) in [5, 5.41) is 3.80. The molecule has 1 heterocycles. The third-order valence-corrected chi connectivity index (χ3v) is 3.55. The number of hydrogen-bond acceptors (Lipinski definition) is 3. The second-order valence-corrected chi connectivity index (χ2v) is 5.10. The van der Waals surface area contributed by atoms with Gasteiger partial charge in [0, 0.05) is 36.5 Å². The third kappa shape index (κ3) is 3.92. The highest BCUT2D eigenvalue weighted by atomic mass is 16.2. The second-order valence-electron chi connectivity index (χ2n) is 5.10. The Labute approximate surface area is 123 Å². The molecule has 0 saturated carbocycles. The topological polar surface area (TPSA) is 88.0 Å². The van der Waals surface area contributed by atoms with Gasteiger partial charge in [-0.2, -0.15) is 0 Å². The molecule has 0 radical (unpaired) electrons. The van der Waals surface area contributed by atoms with Crippen LogP contribution in [0.3, 0.4) is 0 Å². The number of carbonyl (C=O) groups is 2. The first-order valence-corrected chi connectivity index (χ1v) is 7.21. The Kier molecular flexibility index (Phi) is 5.11. The zero-order valence-corrected chi connectivity index (χ0v) is 12.2. The SMILES string of the molecule is CCC(=O)CCNC(=O)[C@@H](N)Cc1c[nH]c2ccccc12. The molecule has 21 heavy (non-hydrogen) atoms. The smallest absolute Gasteiger partial charge is 0.237 e. The summed E-state index contributed by atoms with van der Waals surface area (Å²) < 4.78 is 0. The first-order valence-electron chi connectivity index (χ1n) is 7.21. The Bertz CT molecular complexity index is 633. The van der Waals surface area contributed by atoms with E-state index in [0.29, 0.717) is 25.8 Å². The van der Waals surface area contributed by atoms with Crippen LogP contribution in [0.2, 0.25) is 0 Å². The Morgan fingerprint density at radius 1 is 1.33 bits per heavy atom. The van der Waals surface area contributed by atoms with E-state index in [1.54, 1.807) is 0 Å². The lowest BCUT2D eigenvalue weighted by Gasteiger charge is -2.11. The van der Waals surface area contributed by atoms with E-state index in [0.717, 1.165) is 16.5 Å². The van der Waals surface area contributed by atoms with Crippen molar-refractivity contribution in [3.63, 3.8) is 0 Å². The minimum Gasteiger partial charge on any atom is -0.361 e. The zero-order chi connectivity index (χ0) is 15.2. The number of aromatic nitrogens is 1. The number of amides is 1. The van der Waals surface area contributed by atoms with Crippen molar-refractivity contribution in [2.45, 2.75) is 32.2 Å². The van der Waals surface area contributed by atoms with Gasteiger partial charge in [-0.05, 0) is 18.1 Å². The van der Waals surface area contributed by atoms with E-state index in [1.807, 2.05) is 37.4 Å². The molecule has 2 aromatic rings. The standard InChI is InChI=1S/C16H21N3O2/c1-2-12(20)7-8-18-16(21)14(17)9-11-10-19-15-6-4-3-5-13(11)15/h3-6,10,14,19H,2,7-9,17H2,1H3,(H,18,21)/t14-/m0/s1. The van der Waals surface area contributed by atoms with Gasteiger partial charge in [-0.1, -0.05) is 25.1 Å². The second kappa shape index (κ2) is 7.04. The van der Waals surface area contributed by atoms with Crippen LogP contribution in [-0.4, -0.2) is 29.3 Å². The highest BCUT2D eigenvalue weighted by molar-refractivity contribution is 5.86. The number of aromatic amines is 1. The van der Waals surface area contributed by atoms with E-state index in [-0.39, 0.29) is 11.7 Å². The molecule has 5 heteroatoms. The number of fused-ring (bicyclic) bond motifs is 1. The molecule has 4 N–H and O–H groups in total. The van der Waals surface area contributed by atoms with E-state index in [9.17, 15) is 9.59 Å². The van der Waals surface area contributed by atoms with Gasteiger partial charge in [0.05, 0.1) is 6.04 Å². The maximum Gasteiger partial charge on any atom is 0.237 e. The molecule has 112 valence electrons. The van der Waals surface area contributed by atoms with Crippen molar-refractivity contribution >= 4 is 22.6 Å². The van der Waals surface area contributed by atoms with E-state index in [4.69, 9.17) is 5.73 Å². The van der Waals surface area contributed by atoms with Gasteiger partial charge < -0.3 is 16.0 Å². The molecular weight excluding hydrogens is 266 g/mol. The van der Waals surface area contributed by atoms with Gasteiger partial charge in [0.15, 0.2) is 0 Å². The maximum atomic E-state index is 11.9. The highest BCUT2D eigenvalue weighted by Crippen LogP contribution is 2.18. The van der Waals surface area contributed by atoms with Crippen LogP contribution in [0.25, 0.3) is 10.9 Å². The number of ketones is 1. The Hall–Kier alpha value is -2.14. The van der Waals surface area contributed by atoms with Gasteiger partial charge in [-0.25, -0.2) is 0 Å². The molecule has 1 aromatic carbocycles. The number of nitrogens with two attached hydrogens (primary N) is 1. The molecule has 0 aliphatic rings. The summed E-state index contributed by atoms with van der Waals surface area (Å²) in [7, 11) is 0. The number of hydrogen-bond donors (Lipinski definition) is 3. The lowest BCUT2D eigenvalue weighted by molar-refractivity contribution is -0.122. The number of nitrogens with one attached hydrogen (secondary N) is 2. The van der Waals surface area contributed by atoms with Gasteiger partial charge in [0.25, 0.3) is 0 Å². The molecule has 1 amide bonds. The molecule has 1 atom stereocenters. The maximum absolute atomic E-state index is 11.9. The van der Waals surface area contributed by atoms with Crippen LogP contribution >= 0.6 is 0 Å². The summed E-state index contributed by atoms with van der Waals surface area (Å²) in [6, 6.07) is 7.30. The predicted octanol–water partition coefficient (Wildman–Crippen LogP) is 1.52. The highest BCUT2D eigenvalue weighted by Gasteiger charge is 2.15. The van der Waals surface area contributed by atoms with Crippen LogP contribution < -0.4 is 11.1 Å². The summed E-state index contributed by atoms with van der Waals surface area (Å²) in [5.74, 6) is -0.0790. The Morgan fingerprint density at radius 2 is 2.10 bits per heavy atom. The Morgan fingerprint density at radius 3 is 2.86 bits per heavy atom. The zero-order valence-electron chi connectivity index (χ0n) is 12.2. The van der Waals surface area contributed by atoms with E-state index < -0.39 is 6.04 Å². The minimum absolute atomic E-state index is 0.139. The lowest BCUT2D eigenvalue weighted by Crippen LogP contribution is -2.42. The molecule has 0 bridgehead atoms. The predicted molar refractivity (Wildman–Crippen MR) is 82.9 cm³/mol. The largest absolute Gasteiger partial charge is 0.361 e. The average molecular weight is 287 g/mol. The monoisotopic (exact) mass is 287 g/mol. The first kappa shape index (κ1) is 15.3. The van der Waals surface area contributed by atoms with Crippen LogP contribution in [0, 0.1) is 0 Å². The minimum atomic E-state index is -0.610. The van der Waals surface area contributed by atoms with Crippen molar-refractivity contribution in [2.24, 2.45) is 5.73 Å².